The summed E-state index contributed by atoms with van der Waals surface area (Å²) in [5, 5.41) is 0.259. The predicted molar refractivity (Wildman–Crippen MR) is 86.2 cm³/mol. The van der Waals surface area contributed by atoms with E-state index in [4.69, 9.17) is 11.6 Å². The van der Waals surface area contributed by atoms with E-state index in [1.54, 1.807) is 18.2 Å². The zero-order valence-electron chi connectivity index (χ0n) is 12.6. The van der Waals surface area contributed by atoms with Crippen molar-refractivity contribution in [1.82, 2.24) is 15.2 Å². The number of piperidine rings is 1. The van der Waals surface area contributed by atoms with Crippen LogP contribution in [0.4, 0.5) is 0 Å². The molecule has 1 aromatic carbocycles. The van der Waals surface area contributed by atoms with Crippen LogP contribution < -0.4 is 10.9 Å². The molecule has 1 fully saturated rings. The van der Waals surface area contributed by atoms with E-state index >= 15 is 0 Å². The van der Waals surface area contributed by atoms with Gasteiger partial charge < -0.3 is 0 Å². The number of nitrogens with one attached hydrogen (secondary N) is 2. The Morgan fingerprint density at radius 2 is 1.91 bits per heavy atom. The highest BCUT2D eigenvalue weighted by molar-refractivity contribution is 7.88. The fourth-order valence-corrected chi connectivity index (χ4v) is 3.82. The molecule has 1 unspecified atom stereocenters. The molecule has 1 aromatic rings. The molecule has 126 valence electrons. The van der Waals surface area contributed by atoms with E-state index in [0.29, 0.717) is 19.4 Å². The van der Waals surface area contributed by atoms with Crippen molar-refractivity contribution in [1.29, 1.82) is 0 Å². The molecule has 1 atom stereocenters. The molecule has 1 heterocycles. The van der Waals surface area contributed by atoms with Gasteiger partial charge in [-0.15, -0.1) is 0 Å². The quantitative estimate of drug-likeness (QED) is 0.784. The van der Waals surface area contributed by atoms with Gasteiger partial charge in [0.1, 0.15) is 6.04 Å². The maximum atomic E-state index is 12.2. The Morgan fingerprint density at radius 3 is 2.57 bits per heavy atom. The van der Waals surface area contributed by atoms with Gasteiger partial charge in [0.05, 0.1) is 16.8 Å². The Kier molecular flexibility index (Phi) is 5.61. The summed E-state index contributed by atoms with van der Waals surface area (Å²) in [4.78, 5) is 24.2. The number of benzene rings is 1. The zero-order valence-corrected chi connectivity index (χ0v) is 14.2. The van der Waals surface area contributed by atoms with E-state index < -0.39 is 27.9 Å². The van der Waals surface area contributed by atoms with Gasteiger partial charge in [-0.2, -0.15) is 4.31 Å². The largest absolute Gasteiger partial charge is 0.271 e. The summed E-state index contributed by atoms with van der Waals surface area (Å²) in [6.07, 6.45) is 2.95. The summed E-state index contributed by atoms with van der Waals surface area (Å²) in [6.45, 7) is 0.301. The van der Waals surface area contributed by atoms with Crippen molar-refractivity contribution < 1.29 is 18.0 Å². The third-order valence-electron chi connectivity index (χ3n) is 3.60. The van der Waals surface area contributed by atoms with Gasteiger partial charge in [0.25, 0.3) is 11.8 Å². The first-order valence-electron chi connectivity index (χ1n) is 7.12. The van der Waals surface area contributed by atoms with E-state index in [9.17, 15) is 18.0 Å². The number of hydrogen-bond acceptors (Lipinski definition) is 4. The van der Waals surface area contributed by atoms with Gasteiger partial charge >= 0.3 is 0 Å². The topological polar surface area (TPSA) is 95.6 Å². The average Bonchev–Trinajstić information content (AvgIpc) is 2.52. The number of hydrazine groups is 1. The third-order valence-corrected chi connectivity index (χ3v) is 5.22. The van der Waals surface area contributed by atoms with Crippen LogP contribution in [0.5, 0.6) is 0 Å². The Hall–Kier alpha value is -1.64. The van der Waals surface area contributed by atoms with E-state index in [2.05, 4.69) is 10.9 Å². The van der Waals surface area contributed by atoms with Crippen molar-refractivity contribution in [3.8, 4) is 0 Å². The molecule has 1 aliphatic heterocycles. The van der Waals surface area contributed by atoms with Crippen LogP contribution in [0.25, 0.3) is 0 Å². The van der Waals surface area contributed by atoms with Gasteiger partial charge in [0.15, 0.2) is 0 Å². The molecule has 1 aliphatic rings. The average molecular weight is 360 g/mol. The molecule has 23 heavy (non-hydrogen) atoms. The first-order valence-corrected chi connectivity index (χ1v) is 9.35. The smallest absolute Gasteiger partial charge is 0.271 e. The molecule has 0 spiro atoms. The Balaban J connectivity index is 2.01. The first-order chi connectivity index (χ1) is 10.8. The molecule has 0 aliphatic carbocycles. The highest BCUT2D eigenvalue weighted by Crippen LogP contribution is 2.20. The summed E-state index contributed by atoms with van der Waals surface area (Å²) < 4.78 is 24.7. The molecule has 1 saturated heterocycles. The minimum atomic E-state index is -3.48. The Bertz CT molecular complexity index is 708. The number of amides is 2. The Labute approximate surface area is 140 Å². The van der Waals surface area contributed by atoms with Crippen LogP contribution in [0.15, 0.2) is 24.3 Å². The summed E-state index contributed by atoms with van der Waals surface area (Å²) >= 11 is 5.91. The maximum Gasteiger partial charge on any atom is 0.271 e. The second-order valence-electron chi connectivity index (χ2n) is 5.31. The van der Waals surface area contributed by atoms with Crippen LogP contribution in [-0.4, -0.2) is 43.4 Å². The van der Waals surface area contributed by atoms with Gasteiger partial charge in [-0.3, -0.25) is 20.4 Å². The highest BCUT2D eigenvalue weighted by atomic mass is 35.5. The molecule has 0 bridgehead atoms. The zero-order chi connectivity index (χ0) is 17.0. The van der Waals surface area contributed by atoms with Gasteiger partial charge in [-0.1, -0.05) is 30.2 Å². The lowest BCUT2D eigenvalue weighted by Crippen LogP contribution is -2.55. The molecule has 0 radical (unpaired) electrons. The second kappa shape index (κ2) is 7.29. The number of sulfonamides is 1. The lowest BCUT2D eigenvalue weighted by atomic mass is 10.0. The summed E-state index contributed by atoms with van der Waals surface area (Å²) in [6, 6.07) is 5.60. The van der Waals surface area contributed by atoms with Gasteiger partial charge in [-0.05, 0) is 25.0 Å². The normalized spacial score (nSPS) is 19.1. The standard InChI is InChI=1S/C14H18ClN3O4S/c1-23(21,22)18-9-5-4-8-12(18)14(20)17-16-13(19)10-6-2-3-7-11(10)15/h2-3,6-7,12H,4-5,8-9H2,1H3,(H,16,19)(H,17,20). The van der Waals surface area contributed by atoms with Crippen LogP contribution in [0, 0.1) is 0 Å². The van der Waals surface area contributed by atoms with Crippen LogP contribution >= 0.6 is 11.6 Å². The molecule has 0 saturated carbocycles. The second-order valence-corrected chi connectivity index (χ2v) is 7.65. The van der Waals surface area contributed by atoms with Crippen LogP contribution in [0.2, 0.25) is 5.02 Å². The minimum Gasteiger partial charge on any atom is -0.271 e. The molecule has 2 N–H and O–H groups in total. The molecule has 2 amide bonds. The fourth-order valence-electron chi connectivity index (χ4n) is 2.48. The summed E-state index contributed by atoms with van der Waals surface area (Å²) in [5.41, 5.74) is 4.76. The molecule has 9 heteroatoms. The van der Waals surface area contributed by atoms with E-state index in [-0.39, 0.29) is 10.6 Å². The molecule has 2 rings (SSSR count). The fraction of sp³-hybridized carbons (Fsp3) is 0.429. The van der Waals surface area contributed by atoms with Crippen molar-refractivity contribution in [2.24, 2.45) is 0 Å². The van der Waals surface area contributed by atoms with Crippen molar-refractivity contribution in [3.05, 3.63) is 34.9 Å². The van der Waals surface area contributed by atoms with E-state index in [1.807, 2.05) is 0 Å². The summed E-state index contributed by atoms with van der Waals surface area (Å²) in [5.74, 6) is -1.12. The van der Waals surface area contributed by atoms with Gasteiger partial charge in [0.2, 0.25) is 10.0 Å². The van der Waals surface area contributed by atoms with Crippen LogP contribution in [0.1, 0.15) is 29.6 Å². The van der Waals surface area contributed by atoms with E-state index in [0.717, 1.165) is 17.0 Å². The lowest BCUT2D eigenvalue weighted by molar-refractivity contribution is -0.126. The van der Waals surface area contributed by atoms with Crippen molar-refractivity contribution in [2.45, 2.75) is 25.3 Å². The van der Waals surface area contributed by atoms with Gasteiger partial charge in [0, 0.05) is 6.54 Å². The third kappa shape index (κ3) is 4.43. The van der Waals surface area contributed by atoms with Crippen molar-refractivity contribution in [2.75, 3.05) is 12.8 Å². The number of halogens is 1. The molecular weight excluding hydrogens is 342 g/mol. The molecule has 0 aromatic heterocycles. The monoisotopic (exact) mass is 359 g/mol. The predicted octanol–water partition coefficient (Wildman–Crippen LogP) is 0.915. The number of carbonyl (C=O) groups excluding carboxylic acids is 2. The number of carbonyl (C=O) groups is 2. The maximum absolute atomic E-state index is 12.2. The lowest BCUT2D eigenvalue weighted by Gasteiger charge is -2.32. The molecule has 7 nitrogen and oxygen atoms in total. The number of nitrogens with zero attached hydrogens (tertiary/aromatic N) is 1. The summed E-state index contributed by atoms with van der Waals surface area (Å²) in [7, 11) is -3.48. The van der Waals surface area contributed by atoms with Crippen LogP contribution in [-0.2, 0) is 14.8 Å². The SMILES string of the molecule is CS(=O)(=O)N1CCCCC1C(=O)NNC(=O)c1ccccc1Cl. The Morgan fingerprint density at radius 1 is 1.22 bits per heavy atom. The van der Waals surface area contributed by atoms with Crippen LogP contribution in [0.3, 0.4) is 0 Å². The minimum absolute atomic E-state index is 0.220. The first kappa shape index (κ1) is 17.7. The molecular formula is C14H18ClN3O4S. The highest BCUT2D eigenvalue weighted by Gasteiger charge is 2.34. The number of hydrogen-bond donors (Lipinski definition) is 2. The van der Waals surface area contributed by atoms with Crippen molar-refractivity contribution >= 4 is 33.4 Å². The van der Waals surface area contributed by atoms with Crippen molar-refractivity contribution in [3.63, 3.8) is 0 Å². The van der Waals surface area contributed by atoms with E-state index in [1.165, 1.54) is 6.07 Å². The van der Waals surface area contributed by atoms with Gasteiger partial charge in [-0.25, -0.2) is 8.42 Å². The number of rotatable bonds is 3.